The highest BCUT2D eigenvalue weighted by atomic mass is 32.2. The Hall–Kier alpha value is -3.70. The minimum Gasteiger partial charge on any atom is -0.478 e. The third-order valence-corrected chi connectivity index (χ3v) is 6.08. The molecular weight excluding hydrogens is 464 g/mol. The summed E-state index contributed by atoms with van der Waals surface area (Å²) >= 11 is 0. The lowest BCUT2D eigenvalue weighted by atomic mass is 10.1. The molecule has 2 heterocycles. The monoisotopic (exact) mass is 486 g/mol. The maximum atomic E-state index is 12.7. The zero-order valence-corrected chi connectivity index (χ0v) is 19.0. The van der Waals surface area contributed by atoms with Gasteiger partial charge in [-0.2, -0.15) is 8.42 Å². The van der Waals surface area contributed by atoms with Crippen molar-refractivity contribution < 1.29 is 31.7 Å². The van der Waals surface area contributed by atoms with E-state index in [-0.39, 0.29) is 29.2 Å². The second-order valence-electron chi connectivity index (χ2n) is 7.80. The van der Waals surface area contributed by atoms with Crippen LogP contribution in [0.5, 0.6) is 0 Å². The summed E-state index contributed by atoms with van der Waals surface area (Å²) in [5.41, 5.74) is 1.24. The largest absolute Gasteiger partial charge is 0.478 e. The molecule has 0 saturated carbocycles. The van der Waals surface area contributed by atoms with Crippen molar-refractivity contribution in [1.29, 1.82) is 0 Å². The number of carbonyl (C=O) groups is 1. The maximum absolute atomic E-state index is 12.7. The SMILES string of the molecule is CCCN(CCCS(=O)(=O)O)c1ccc2cc(-c3nc4cc(C(=O)O)ccc4o3)c(=O)oc2c1. The molecule has 0 amide bonds. The molecule has 0 aliphatic heterocycles. The van der Waals surface area contributed by atoms with E-state index < -0.39 is 21.7 Å². The van der Waals surface area contributed by atoms with Gasteiger partial charge in [0, 0.05) is 30.2 Å². The van der Waals surface area contributed by atoms with E-state index in [0.29, 0.717) is 35.2 Å². The Labute approximate surface area is 194 Å². The molecule has 0 spiro atoms. The van der Waals surface area contributed by atoms with Gasteiger partial charge in [0.05, 0.1) is 11.3 Å². The number of oxazole rings is 1. The summed E-state index contributed by atoms with van der Waals surface area (Å²) < 4.78 is 42.2. The van der Waals surface area contributed by atoms with Gasteiger partial charge in [-0.25, -0.2) is 14.6 Å². The first-order valence-corrected chi connectivity index (χ1v) is 12.2. The standard InChI is InChI=1S/C23H22N2O8S/c1-2-8-25(9-3-10-34(29,30)31)16-6-4-14-11-17(23(28)33-20(14)13-16)21-24-18-12-15(22(26)27)5-7-19(18)32-21/h4-7,11-13H,2-3,8-10H2,1H3,(H,26,27)(H,29,30,31). The van der Waals surface area contributed by atoms with Gasteiger partial charge in [0.15, 0.2) is 5.58 Å². The zero-order valence-electron chi connectivity index (χ0n) is 18.2. The van der Waals surface area contributed by atoms with E-state index in [2.05, 4.69) is 4.98 Å². The van der Waals surface area contributed by atoms with Crippen LogP contribution >= 0.6 is 0 Å². The molecule has 34 heavy (non-hydrogen) atoms. The molecule has 178 valence electrons. The van der Waals surface area contributed by atoms with E-state index in [9.17, 15) is 18.0 Å². The molecule has 11 heteroatoms. The molecule has 2 aromatic carbocycles. The third kappa shape index (κ3) is 5.10. The van der Waals surface area contributed by atoms with Crippen molar-refractivity contribution in [2.75, 3.05) is 23.7 Å². The summed E-state index contributed by atoms with van der Waals surface area (Å²) in [6, 6.07) is 11.1. The van der Waals surface area contributed by atoms with Crippen LogP contribution < -0.4 is 10.5 Å². The Bertz CT molecular complexity index is 1540. The summed E-state index contributed by atoms with van der Waals surface area (Å²) in [4.78, 5) is 30.1. The van der Waals surface area contributed by atoms with Crippen LogP contribution in [0, 0.1) is 0 Å². The number of anilines is 1. The van der Waals surface area contributed by atoms with E-state index in [1.165, 1.54) is 18.2 Å². The smallest absolute Gasteiger partial charge is 0.349 e. The molecule has 2 aromatic heterocycles. The predicted molar refractivity (Wildman–Crippen MR) is 126 cm³/mol. The van der Waals surface area contributed by atoms with E-state index in [4.69, 9.17) is 18.5 Å². The number of hydrogen-bond acceptors (Lipinski definition) is 8. The highest BCUT2D eigenvalue weighted by Crippen LogP contribution is 2.27. The van der Waals surface area contributed by atoms with Crippen LogP contribution in [0.15, 0.2) is 56.1 Å². The summed E-state index contributed by atoms with van der Waals surface area (Å²) in [7, 11) is -4.04. The number of carboxylic acid groups (broad SMARTS) is 1. The molecule has 2 N–H and O–H groups in total. The molecule has 0 saturated heterocycles. The first kappa shape index (κ1) is 23.5. The first-order chi connectivity index (χ1) is 16.1. The summed E-state index contributed by atoms with van der Waals surface area (Å²) in [5, 5.41) is 9.77. The van der Waals surface area contributed by atoms with Crippen LogP contribution in [-0.4, -0.2) is 47.9 Å². The molecule has 4 rings (SSSR count). The van der Waals surface area contributed by atoms with Crippen LogP contribution in [0.2, 0.25) is 0 Å². The second kappa shape index (κ2) is 9.27. The molecule has 0 bridgehead atoms. The van der Waals surface area contributed by atoms with Crippen molar-refractivity contribution in [1.82, 2.24) is 4.98 Å². The fraction of sp³-hybridized carbons (Fsp3) is 0.261. The average Bonchev–Trinajstić information content (AvgIpc) is 3.20. The van der Waals surface area contributed by atoms with E-state index in [1.807, 2.05) is 17.9 Å². The lowest BCUT2D eigenvalue weighted by Gasteiger charge is -2.24. The molecule has 4 aromatic rings. The Kier molecular flexibility index (Phi) is 6.40. The van der Waals surface area contributed by atoms with Crippen molar-refractivity contribution in [3.8, 4) is 11.5 Å². The van der Waals surface area contributed by atoms with Gasteiger partial charge in [-0.15, -0.1) is 0 Å². The lowest BCUT2D eigenvalue weighted by Crippen LogP contribution is -2.26. The quantitative estimate of drug-likeness (QED) is 0.264. The number of nitrogens with zero attached hydrogens (tertiary/aromatic N) is 2. The normalized spacial score (nSPS) is 11.8. The van der Waals surface area contributed by atoms with Gasteiger partial charge in [0.1, 0.15) is 16.7 Å². The minimum atomic E-state index is -4.04. The highest BCUT2D eigenvalue weighted by molar-refractivity contribution is 7.85. The number of hydrogen-bond donors (Lipinski definition) is 2. The number of fused-ring (bicyclic) bond motifs is 2. The summed E-state index contributed by atoms with van der Waals surface area (Å²) in [6.45, 7) is 3.05. The van der Waals surface area contributed by atoms with Gasteiger partial charge in [-0.3, -0.25) is 4.55 Å². The van der Waals surface area contributed by atoms with Crippen LogP contribution in [0.3, 0.4) is 0 Å². The van der Waals surface area contributed by atoms with E-state index in [0.717, 1.165) is 12.1 Å². The zero-order chi connectivity index (χ0) is 24.5. The lowest BCUT2D eigenvalue weighted by molar-refractivity contribution is 0.0697. The fourth-order valence-electron chi connectivity index (χ4n) is 3.70. The van der Waals surface area contributed by atoms with Crippen molar-refractivity contribution in [3.63, 3.8) is 0 Å². The summed E-state index contributed by atoms with van der Waals surface area (Å²) in [6.07, 6.45) is 1.06. The van der Waals surface area contributed by atoms with Gasteiger partial charge in [0.25, 0.3) is 10.1 Å². The van der Waals surface area contributed by atoms with Gasteiger partial charge < -0.3 is 18.8 Å². The number of aromatic nitrogens is 1. The number of carboxylic acids is 1. The Morgan fingerprint density at radius 1 is 1.06 bits per heavy atom. The average molecular weight is 487 g/mol. The van der Waals surface area contributed by atoms with Gasteiger partial charge in [0.2, 0.25) is 5.89 Å². The Morgan fingerprint density at radius 3 is 2.56 bits per heavy atom. The molecule has 0 aliphatic rings. The topological polar surface area (TPSA) is 151 Å². The minimum absolute atomic E-state index is 0.0232. The van der Waals surface area contributed by atoms with Crippen molar-refractivity contribution in [2.45, 2.75) is 19.8 Å². The number of rotatable bonds is 9. The first-order valence-electron chi connectivity index (χ1n) is 10.6. The van der Waals surface area contributed by atoms with Crippen LogP contribution in [0.4, 0.5) is 5.69 Å². The Morgan fingerprint density at radius 2 is 1.85 bits per heavy atom. The van der Waals surface area contributed by atoms with Gasteiger partial charge >= 0.3 is 11.6 Å². The second-order valence-corrected chi connectivity index (χ2v) is 9.38. The van der Waals surface area contributed by atoms with Crippen LogP contribution in [-0.2, 0) is 10.1 Å². The van der Waals surface area contributed by atoms with Crippen LogP contribution in [0.25, 0.3) is 33.5 Å². The molecule has 0 unspecified atom stereocenters. The number of benzene rings is 2. The van der Waals surface area contributed by atoms with Gasteiger partial charge in [-0.05, 0) is 49.2 Å². The third-order valence-electron chi connectivity index (χ3n) is 5.27. The molecule has 0 atom stereocenters. The predicted octanol–water partition coefficient (Wildman–Crippen LogP) is 3.79. The highest BCUT2D eigenvalue weighted by Gasteiger charge is 2.17. The maximum Gasteiger partial charge on any atom is 0.349 e. The molecule has 0 aliphatic carbocycles. The van der Waals surface area contributed by atoms with Crippen LogP contribution in [0.1, 0.15) is 30.1 Å². The van der Waals surface area contributed by atoms with Gasteiger partial charge in [-0.1, -0.05) is 6.92 Å². The van der Waals surface area contributed by atoms with Crippen molar-refractivity contribution in [2.24, 2.45) is 0 Å². The molecule has 10 nitrogen and oxygen atoms in total. The molecule has 0 fully saturated rings. The number of aromatic carboxylic acids is 1. The summed E-state index contributed by atoms with van der Waals surface area (Å²) in [5.74, 6) is -1.41. The van der Waals surface area contributed by atoms with E-state index >= 15 is 0 Å². The van der Waals surface area contributed by atoms with E-state index in [1.54, 1.807) is 18.2 Å². The molecule has 0 radical (unpaired) electrons. The van der Waals surface area contributed by atoms with Crippen molar-refractivity contribution in [3.05, 3.63) is 58.4 Å². The Balaban J connectivity index is 1.66. The van der Waals surface area contributed by atoms with Crippen molar-refractivity contribution >= 4 is 43.8 Å². The molecular formula is C23H22N2O8S. The fourth-order valence-corrected chi connectivity index (χ4v) is 4.19.